The second-order valence-electron chi connectivity index (χ2n) is 4.67. The third kappa shape index (κ3) is 3.86. The van der Waals surface area contributed by atoms with Gasteiger partial charge in [-0.3, -0.25) is 10.1 Å². The fourth-order valence-electron chi connectivity index (χ4n) is 2.15. The number of nitro groups is 1. The number of nitrogens with zero attached hydrogens (tertiary/aromatic N) is 1. The van der Waals surface area contributed by atoms with Crippen LogP contribution in [0.1, 0.15) is 12.8 Å². The number of nitrogens with one attached hydrogen (secondary N) is 2. The van der Waals surface area contributed by atoms with Crippen molar-refractivity contribution in [3.05, 3.63) is 28.3 Å². The molecule has 2 N–H and O–H groups in total. The van der Waals surface area contributed by atoms with Crippen molar-refractivity contribution in [2.24, 2.45) is 0 Å². The third-order valence-corrected chi connectivity index (χ3v) is 6.14. The Morgan fingerprint density at radius 3 is 2.81 bits per heavy atom. The Bertz CT molecular complexity index is 627. The zero-order valence-corrected chi connectivity index (χ0v) is 13.2. The topological polar surface area (TPSA) is 101 Å². The smallest absolute Gasteiger partial charge is 0.271 e. The van der Waals surface area contributed by atoms with Crippen LogP contribution in [0.15, 0.2) is 23.1 Å². The lowest BCUT2D eigenvalue weighted by atomic mass is 10.2. The molecule has 0 bridgehead atoms. The Morgan fingerprint density at radius 2 is 2.24 bits per heavy atom. The van der Waals surface area contributed by atoms with E-state index in [0.717, 1.165) is 18.6 Å². The molecule has 1 atom stereocenters. The van der Waals surface area contributed by atoms with Crippen molar-refractivity contribution in [1.82, 2.24) is 4.72 Å². The van der Waals surface area contributed by atoms with Crippen LogP contribution >= 0.6 is 11.8 Å². The van der Waals surface area contributed by atoms with E-state index in [0.29, 0.717) is 11.8 Å². The van der Waals surface area contributed by atoms with Gasteiger partial charge < -0.3 is 5.32 Å². The molecule has 1 unspecified atom stereocenters. The lowest BCUT2D eigenvalue weighted by Crippen LogP contribution is -2.30. The van der Waals surface area contributed by atoms with Gasteiger partial charge in [0, 0.05) is 31.0 Å². The molecule has 0 aliphatic carbocycles. The molecule has 2 rings (SSSR count). The first-order valence-corrected chi connectivity index (χ1v) is 9.04. The Hall–Kier alpha value is -1.32. The number of rotatable bonds is 6. The zero-order valence-electron chi connectivity index (χ0n) is 11.5. The van der Waals surface area contributed by atoms with Gasteiger partial charge >= 0.3 is 0 Å². The Kier molecular flexibility index (Phi) is 5.07. The summed E-state index contributed by atoms with van der Waals surface area (Å²) in [6.07, 6.45) is 2.11. The van der Waals surface area contributed by atoms with Crippen LogP contribution in [0.5, 0.6) is 0 Å². The molecule has 1 aromatic rings. The van der Waals surface area contributed by atoms with Crippen molar-refractivity contribution in [2.45, 2.75) is 23.0 Å². The lowest BCUT2D eigenvalue weighted by Gasteiger charge is -2.13. The summed E-state index contributed by atoms with van der Waals surface area (Å²) in [6, 6.07) is 3.67. The lowest BCUT2D eigenvalue weighted by molar-refractivity contribution is -0.384. The van der Waals surface area contributed by atoms with Gasteiger partial charge in [0.05, 0.1) is 10.6 Å². The third-order valence-electron chi connectivity index (χ3n) is 3.26. The molecular weight excluding hydrogens is 314 g/mol. The number of hydrogen-bond acceptors (Lipinski definition) is 6. The van der Waals surface area contributed by atoms with Crippen LogP contribution in [0.4, 0.5) is 11.4 Å². The normalized spacial score (nSPS) is 18.6. The summed E-state index contributed by atoms with van der Waals surface area (Å²) >= 11 is 1.76. The molecule has 1 saturated heterocycles. The summed E-state index contributed by atoms with van der Waals surface area (Å²) in [5.74, 6) is 1.06. The first-order chi connectivity index (χ1) is 9.94. The number of non-ortho nitro benzene ring substituents is 1. The number of benzene rings is 1. The standard InChI is InChI=1S/C12H17N3O4S2/c1-13-11-7-9(15(16)17)4-5-12(11)21(18,19)14-8-10-3-2-6-20-10/h4-5,7,10,13-14H,2-3,6,8H2,1H3. The van der Waals surface area contributed by atoms with Gasteiger partial charge in [0.25, 0.3) is 5.69 Å². The molecule has 1 heterocycles. The van der Waals surface area contributed by atoms with E-state index in [-0.39, 0.29) is 16.3 Å². The second kappa shape index (κ2) is 6.63. The van der Waals surface area contributed by atoms with Gasteiger partial charge in [-0.2, -0.15) is 11.8 Å². The van der Waals surface area contributed by atoms with E-state index in [2.05, 4.69) is 10.0 Å². The number of sulfonamides is 1. The predicted molar refractivity (Wildman–Crippen MR) is 83.3 cm³/mol. The van der Waals surface area contributed by atoms with Crippen LogP contribution in [0.25, 0.3) is 0 Å². The van der Waals surface area contributed by atoms with Crippen LogP contribution < -0.4 is 10.0 Å². The van der Waals surface area contributed by atoms with E-state index < -0.39 is 14.9 Å². The summed E-state index contributed by atoms with van der Waals surface area (Å²) in [7, 11) is -2.15. The first-order valence-electron chi connectivity index (χ1n) is 6.51. The minimum atomic E-state index is -3.68. The molecule has 0 amide bonds. The van der Waals surface area contributed by atoms with Gasteiger partial charge in [-0.15, -0.1) is 0 Å². The highest BCUT2D eigenvalue weighted by atomic mass is 32.2. The van der Waals surface area contributed by atoms with E-state index in [9.17, 15) is 18.5 Å². The van der Waals surface area contributed by atoms with E-state index in [1.807, 2.05) is 0 Å². The van der Waals surface area contributed by atoms with Crippen LogP contribution in [-0.4, -0.2) is 37.9 Å². The van der Waals surface area contributed by atoms with Gasteiger partial charge in [0.2, 0.25) is 10.0 Å². The summed E-state index contributed by atoms with van der Waals surface area (Å²) in [5.41, 5.74) is 0.0698. The van der Waals surface area contributed by atoms with Crippen molar-refractivity contribution < 1.29 is 13.3 Å². The highest BCUT2D eigenvalue weighted by Gasteiger charge is 2.23. The predicted octanol–water partition coefficient (Wildman–Crippen LogP) is 1.81. The molecule has 0 aromatic heterocycles. The maximum Gasteiger partial charge on any atom is 0.271 e. The van der Waals surface area contributed by atoms with Crippen LogP contribution in [0, 0.1) is 10.1 Å². The SMILES string of the molecule is CNc1cc([N+](=O)[O-])ccc1S(=O)(=O)NCC1CCCS1. The largest absolute Gasteiger partial charge is 0.387 e. The van der Waals surface area contributed by atoms with Crippen LogP contribution in [0.2, 0.25) is 0 Å². The molecule has 9 heteroatoms. The van der Waals surface area contributed by atoms with E-state index in [4.69, 9.17) is 0 Å². The summed E-state index contributed by atoms with van der Waals surface area (Å²) in [6.45, 7) is 0.382. The molecule has 0 saturated carbocycles. The summed E-state index contributed by atoms with van der Waals surface area (Å²) in [4.78, 5) is 10.2. The van der Waals surface area contributed by atoms with Crippen molar-refractivity contribution in [3.8, 4) is 0 Å². The quantitative estimate of drug-likeness (QED) is 0.609. The number of anilines is 1. The van der Waals surface area contributed by atoms with Gasteiger partial charge in [-0.1, -0.05) is 0 Å². The van der Waals surface area contributed by atoms with E-state index in [1.54, 1.807) is 11.8 Å². The summed E-state index contributed by atoms with van der Waals surface area (Å²) in [5, 5.41) is 13.7. The molecule has 1 fully saturated rings. The van der Waals surface area contributed by atoms with Gasteiger partial charge in [0.1, 0.15) is 4.90 Å². The van der Waals surface area contributed by atoms with Gasteiger partial charge in [0.15, 0.2) is 0 Å². The molecular formula is C12H17N3O4S2. The van der Waals surface area contributed by atoms with E-state index in [1.165, 1.54) is 25.2 Å². The van der Waals surface area contributed by atoms with Crippen LogP contribution in [-0.2, 0) is 10.0 Å². The average molecular weight is 331 g/mol. The maximum atomic E-state index is 12.3. The highest BCUT2D eigenvalue weighted by molar-refractivity contribution is 8.00. The number of nitro benzene ring substituents is 1. The molecule has 1 aliphatic rings. The van der Waals surface area contributed by atoms with E-state index >= 15 is 0 Å². The van der Waals surface area contributed by atoms with Crippen molar-refractivity contribution in [3.63, 3.8) is 0 Å². The minimum Gasteiger partial charge on any atom is -0.387 e. The van der Waals surface area contributed by atoms with Crippen LogP contribution in [0.3, 0.4) is 0 Å². The van der Waals surface area contributed by atoms with Gasteiger partial charge in [-0.25, -0.2) is 13.1 Å². The first kappa shape index (κ1) is 16.1. The molecule has 1 aliphatic heterocycles. The molecule has 0 radical (unpaired) electrons. The molecule has 7 nitrogen and oxygen atoms in total. The number of thioether (sulfide) groups is 1. The monoisotopic (exact) mass is 331 g/mol. The molecule has 1 aromatic carbocycles. The fourth-order valence-corrected chi connectivity index (χ4v) is 4.73. The Balaban J connectivity index is 2.20. The Morgan fingerprint density at radius 1 is 1.48 bits per heavy atom. The van der Waals surface area contributed by atoms with Crippen molar-refractivity contribution in [1.29, 1.82) is 0 Å². The molecule has 116 valence electrons. The maximum absolute atomic E-state index is 12.3. The second-order valence-corrected chi connectivity index (χ2v) is 7.82. The fraction of sp³-hybridized carbons (Fsp3) is 0.500. The number of hydrogen-bond donors (Lipinski definition) is 2. The highest BCUT2D eigenvalue weighted by Crippen LogP contribution is 2.28. The average Bonchev–Trinajstić information content (AvgIpc) is 2.97. The van der Waals surface area contributed by atoms with Gasteiger partial charge in [-0.05, 0) is 24.7 Å². The molecule has 0 spiro atoms. The minimum absolute atomic E-state index is 0.0265. The van der Waals surface area contributed by atoms with Crippen molar-refractivity contribution >= 4 is 33.2 Å². The molecule has 21 heavy (non-hydrogen) atoms. The zero-order chi connectivity index (χ0) is 15.5. The Labute approximate surface area is 127 Å². The summed E-state index contributed by atoms with van der Waals surface area (Å²) < 4.78 is 27.2. The van der Waals surface area contributed by atoms with Crippen molar-refractivity contribution in [2.75, 3.05) is 24.7 Å².